The lowest BCUT2D eigenvalue weighted by atomic mass is 10.1. The molecule has 1 saturated carbocycles. The first-order valence-corrected chi connectivity index (χ1v) is 6.02. The van der Waals surface area contributed by atoms with Gasteiger partial charge < -0.3 is 4.90 Å². The Labute approximate surface area is 92.4 Å². The number of carbonyl (C=O) groups excluding carboxylic acids is 1. The second-order valence-corrected chi connectivity index (χ2v) is 5.56. The number of hydrogen-bond acceptors (Lipinski definition) is 2. The van der Waals surface area contributed by atoms with Crippen LogP contribution < -0.4 is 0 Å². The zero-order valence-electron chi connectivity index (χ0n) is 10.1. The maximum absolute atomic E-state index is 11.9. The number of piperazine rings is 1. The SMILES string of the molecule is CC(C)CC(=O)N1CCN(C)C2(CC2)C1. The van der Waals surface area contributed by atoms with Crippen LogP contribution in [0, 0.1) is 5.92 Å². The molecule has 1 heterocycles. The molecular formula is C12H22N2O. The van der Waals surface area contributed by atoms with E-state index in [9.17, 15) is 4.79 Å². The van der Waals surface area contributed by atoms with E-state index in [1.54, 1.807) is 0 Å². The number of rotatable bonds is 2. The molecule has 86 valence electrons. The van der Waals surface area contributed by atoms with E-state index in [-0.39, 0.29) is 0 Å². The summed E-state index contributed by atoms with van der Waals surface area (Å²) in [6.07, 6.45) is 3.25. The lowest BCUT2D eigenvalue weighted by Crippen LogP contribution is -2.55. The maximum Gasteiger partial charge on any atom is 0.222 e. The highest BCUT2D eigenvalue weighted by molar-refractivity contribution is 5.76. The standard InChI is InChI=1S/C12H22N2O/c1-10(2)8-11(15)14-7-6-13(3)12(9-14)4-5-12/h10H,4-9H2,1-3H3. The van der Waals surface area contributed by atoms with Crippen molar-refractivity contribution < 1.29 is 4.79 Å². The predicted molar refractivity (Wildman–Crippen MR) is 60.6 cm³/mol. The molecule has 3 heteroatoms. The molecule has 2 aliphatic rings. The average molecular weight is 210 g/mol. The van der Waals surface area contributed by atoms with Gasteiger partial charge in [0, 0.05) is 31.6 Å². The first-order valence-electron chi connectivity index (χ1n) is 6.02. The van der Waals surface area contributed by atoms with Gasteiger partial charge in [0.15, 0.2) is 0 Å². The van der Waals surface area contributed by atoms with Crippen LogP contribution in [-0.4, -0.2) is 47.9 Å². The molecule has 3 nitrogen and oxygen atoms in total. The van der Waals surface area contributed by atoms with E-state index in [0.717, 1.165) is 19.6 Å². The van der Waals surface area contributed by atoms with Gasteiger partial charge in [-0.2, -0.15) is 0 Å². The van der Waals surface area contributed by atoms with Crippen molar-refractivity contribution in [1.29, 1.82) is 0 Å². The molecule has 1 amide bonds. The molecule has 0 radical (unpaired) electrons. The van der Waals surface area contributed by atoms with E-state index in [1.807, 2.05) is 0 Å². The molecule has 0 aromatic heterocycles. The molecule has 0 N–H and O–H groups in total. The number of amides is 1. The summed E-state index contributed by atoms with van der Waals surface area (Å²) < 4.78 is 0. The van der Waals surface area contributed by atoms with Crippen molar-refractivity contribution >= 4 is 5.91 Å². The van der Waals surface area contributed by atoms with E-state index in [4.69, 9.17) is 0 Å². The summed E-state index contributed by atoms with van der Waals surface area (Å²) in [6, 6.07) is 0. The normalized spacial score (nSPS) is 24.9. The lowest BCUT2D eigenvalue weighted by Gasteiger charge is -2.40. The van der Waals surface area contributed by atoms with Crippen LogP contribution in [0.1, 0.15) is 33.1 Å². The summed E-state index contributed by atoms with van der Waals surface area (Å²) in [5.74, 6) is 0.830. The molecule has 0 unspecified atom stereocenters. The molecule has 1 spiro atoms. The molecule has 0 aromatic rings. The fourth-order valence-corrected chi connectivity index (χ4v) is 2.44. The van der Waals surface area contributed by atoms with Crippen molar-refractivity contribution in [3.8, 4) is 0 Å². The zero-order chi connectivity index (χ0) is 11.1. The van der Waals surface area contributed by atoms with Gasteiger partial charge in [0.05, 0.1) is 0 Å². The number of hydrogen-bond donors (Lipinski definition) is 0. The van der Waals surface area contributed by atoms with Crippen molar-refractivity contribution in [2.45, 2.75) is 38.6 Å². The van der Waals surface area contributed by atoms with Gasteiger partial charge in [0.2, 0.25) is 5.91 Å². The van der Waals surface area contributed by atoms with Crippen LogP contribution >= 0.6 is 0 Å². The largest absolute Gasteiger partial charge is 0.340 e. The third-order valence-electron chi connectivity index (χ3n) is 3.76. The molecule has 0 aromatic carbocycles. The predicted octanol–water partition coefficient (Wildman–Crippen LogP) is 1.34. The van der Waals surface area contributed by atoms with Crippen LogP contribution in [0.3, 0.4) is 0 Å². The second-order valence-electron chi connectivity index (χ2n) is 5.56. The van der Waals surface area contributed by atoms with Gasteiger partial charge in [-0.25, -0.2) is 0 Å². The minimum atomic E-state index is 0.351. The third-order valence-corrected chi connectivity index (χ3v) is 3.76. The van der Waals surface area contributed by atoms with Crippen molar-refractivity contribution in [1.82, 2.24) is 9.80 Å². The summed E-state index contributed by atoms with van der Waals surface area (Å²) in [5.41, 5.74) is 0.366. The Morgan fingerprint density at radius 3 is 2.53 bits per heavy atom. The van der Waals surface area contributed by atoms with Crippen LogP contribution in [0.4, 0.5) is 0 Å². The summed E-state index contributed by atoms with van der Waals surface area (Å²) in [4.78, 5) is 16.5. The summed E-state index contributed by atoms with van der Waals surface area (Å²) >= 11 is 0. The minimum absolute atomic E-state index is 0.351. The Kier molecular flexibility index (Phi) is 2.75. The molecule has 1 aliphatic carbocycles. The highest BCUT2D eigenvalue weighted by atomic mass is 16.2. The smallest absolute Gasteiger partial charge is 0.222 e. The zero-order valence-corrected chi connectivity index (χ0v) is 10.1. The van der Waals surface area contributed by atoms with E-state index >= 15 is 0 Å². The second kappa shape index (κ2) is 3.78. The lowest BCUT2D eigenvalue weighted by molar-refractivity contribution is -0.135. The molecule has 2 fully saturated rings. The minimum Gasteiger partial charge on any atom is -0.340 e. The molecule has 0 atom stereocenters. The Balaban J connectivity index is 1.92. The topological polar surface area (TPSA) is 23.6 Å². The van der Waals surface area contributed by atoms with Crippen LogP contribution in [0.5, 0.6) is 0 Å². The fraction of sp³-hybridized carbons (Fsp3) is 0.917. The van der Waals surface area contributed by atoms with Crippen molar-refractivity contribution in [3.05, 3.63) is 0 Å². The van der Waals surface area contributed by atoms with Crippen molar-refractivity contribution in [2.75, 3.05) is 26.7 Å². The van der Waals surface area contributed by atoms with Gasteiger partial charge in [-0.05, 0) is 25.8 Å². The van der Waals surface area contributed by atoms with Crippen molar-refractivity contribution in [2.24, 2.45) is 5.92 Å². The van der Waals surface area contributed by atoms with Gasteiger partial charge in [0.1, 0.15) is 0 Å². The Bertz CT molecular complexity index is 258. The highest BCUT2D eigenvalue weighted by Gasteiger charge is 2.50. The van der Waals surface area contributed by atoms with Crippen LogP contribution in [-0.2, 0) is 4.79 Å². The molecular weight excluding hydrogens is 188 g/mol. The molecule has 2 rings (SSSR count). The molecule has 1 aliphatic heterocycles. The Morgan fingerprint density at radius 1 is 1.33 bits per heavy atom. The van der Waals surface area contributed by atoms with Crippen LogP contribution in [0.25, 0.3) is 0 Å². The number of likely N-dealkylation sites (N-methyl/N-ethyl adjacent to an activating group) is 1. The summed E-state index contributed by atoms with van der Waals surface area (Å²) in [5, 5.41) is 0. The highest BCUT2D eigenvalue weighted by Crippen LogP contribution is 2.43. The molecule has 1 saturated heterocycles. The first kappa shape index (κ1) is 10.9. The van der Waals surface area contributed by atoms with Crippen molar-refractivity contribution in [3.63, 3.8) is 0 Å². The Hall–Kier alpha value is -0.570. The van der Waals surface area contributed by atoms with E-state index in [0.29, 0.717) is 23.8 Å². The number of carbonyl (C=O) groups is 1. The third kappa shape index (κ3) is 2.17. The Morgan fingerprint density at radius 2 is 2.00 bits per heavy atom. The van der Waals surface area contributed by atoms with Gasteiger partial charge in [-0.1, -0.05) is 13.8 Å². The fourth-order valence-electron chi connectivity index (χ4n) is 2.44. The quantitative estimate of drug-likeness (QED) is 0.686. The summed E-state index contributed by atoms with van der Waals surface area (Å²) in [7, 11) is 2.19. The average Bonchev–Trinajstić information content (AvgIpc) is 2.90. The molecule has 0 bridgehead atoms. The monoisotopic (exact) mass is 210 g/mol. The van der Waals surface area contributed by atoms with E-state index in [2.05, 4.69) is 30.7 Å². The number of nitrogens with zero attached hydrogens (tertiary/aromatic N) is 2. The van der Waals surface area contributed by atoms with Crippen LogP contribution in [0.15, 0.2) is 0 Å². The molecule has 15 heavy (non-hydrogen) atoms. The van der Waals surface area contributed by atoms with Gasteiger partial charge in [-0.15, -0.1) is 0 Å². The van der Waals surface area contributed by atoms with E-state index < -0.39 is 0 Å². The van der Waals surface area contributed by atoms with Crippen LogP contribution in [0.2, 0.25) is 0 Å². The van der Waals surface area contributed by atoms with Gasteiger partial charge in [-0.3, -0.25) is 9.69 Å². The maximum atomic E-state index is 11.9. The first-order chi connectivity index (χ1) is 7.03. The van der Waals surface area contributed by atoms with Gasteiger partial charge in [0.25, 0.3) is 0 Å². The van der Waals surface area contributed by atoms with E-state index in [1.165, 1.54) is 12.8 Å². The van der Waals surface area contributed by atoms with Gasteiger partial charge >= 0.3 is 0 Å². The summed E-state index contributed by atoms with van der Waals surface area (Å²) in [6.45, 7) is 7.16.